The number of likely N-dealkylation sites (N-methyl/N-ethyl adjacent to an activating group) is 1. The van der Waals surface area contributed by atoms with Crippen LogP contribution >= 0.6 is 0 Å². The minimum Gasteiger partial charge on any atom is -0.317 e. The van der Waals surface area contributed by atoms with E-state index in [1.165, 1.54) is 37.7 Å². The molecule has 0 fully saturated rings. The van der Waals surface area contributed by atoms with Crippen molar-refractivity contribution >= 4 is 0 Å². The Morgan fingerprint density at radius 2 is 1.86 bits per heavy atom. The third-order valence-corrected chi connectivity index (χ3v) is 4.70. The van der Waals surface area contributed by atoms with Gasteiger partial charge < -0.3 is 5.32 Å². The maximum atomic E-state index is 3.53. The number of benzene rings is 1. The second-order valence-corrected chi connectivity index (χ2v) is 8.25. The summed E-state index contributed by atoms with van der Waals surface area (Å²) in [4.78, 5) is 0. The molecular formula is C20H33N. The van der Waals surface area contributed by atoms with Gasteiger partial charge in [-0.2, -0.15) is 0 Å². The highest BCUT2D eigenvalue weighted by molar-refractivity contribution is 5.35. The monoisotopic (exact) mass is 287 g/mol. The van der Waals surface area contributed by atoms with Crippen LogP contribution in [0.15, 0.2) is 18.2 Å². The Bertz CT molecular complexity index is 455. The molecule has 0 radical (unpaired) electrons. The fourth-order valence-electron chi connectivity index (χ4n) is 3.95. The Hall–Kier alpha value is -0.820. The Morgan fingerprint density at radius 1 is 1.14 bits per heavy atom. The van der Waals surface area contributed by atoms with Crippen molar-refractivity contribution in [3.63, 3.8) is 0 Å². The molecule has 0 amide bonds. The van der Waals surface area contributed by atoms with Crippen LogP contribution in [0.25, 0.3) is 0 Å². The Kier molecular flexibility index (Phi) is 5.48. The molecule has 1 aliphatic rings. The van der Waals surface area contributed by atoms with Crippen molar-refractivity contribution < 1.29 is 0 Å². The molecule has 1 aromatic carbocycles. The van der Waals surface area contributed by atoms with Crippen LogP contribution in [-0.4, -0.2) is 13.1 Å². The van der Waals surface area contributed by atoms with Crippen molar-refractivity contribution in [3.05, 3.63) is 34.9 Å². The molecule has 118 valence electrons. The lowest BCUT2D eigenvalue weighted by Gasteiger charge is -2.26. The van der Waals surface area contributed by atoms with Gasteiger partial charge in [0.05, 0.1) is 0 Å². The van der Waals surface area contributed by atoms with E-state index in [0.717, 1.165) is 12.3 Å². The minimum atomic E-state index is 0.436. The highest BCUT2D eigenvalue weighted by Gasteiger charge is 2.19. The van der Waals surface area contributed by atoms with E-state index < -0.39 is 0 Å². The highest BCUT2D eigenvalue weighted by Crippen LogP contribution is 2.28. The van der Waals surface area contributed by atoms with E-state index >= 15 is 0 Å². The van der Waals surface area contributed by atoms with Crippen LogP contribution in [0.2, 0.25) is 0 Å². The smallest absolute Gasteiger partial charge is 0.0107 e. The molecule has 0 spiro atoms. The normalized spacial score (nSPS) is 17.6. The first-order valence-electron chi connectivity index (χ1n) is 8.65. The quantitative estimate of drug-likeness (QED) is 0.795. The molecule has 1 aromatic rings. The molecule has 2 unspecified atom stereocenters. The second kappa shape index (κ2) is 6.96. The first-order chi connectivity index (χ1) is 9.87. The van der Waals surface area contributed by atoms with Crippen LogP contribution < -0.4 is 5.32 Å². The van der Waals surface area contributed by atoms with Gasteiger partial charge in [-0.25, -0.2) is 0 Å². The third kappa shape index (κ3) is 5.14. The molecule has 0 saturated carbocycles. The molecule has 0 bridgehead atoms. The zero-order chi connectivity index (χ0) is 15.5. The van der Waals surface area contributed by atoms with Crippen LogP contribution in [0.5, 0.6) is 0 Å². The van der Waals surface area contributed by atoms with Gasteiger partial charge in [0.25, 0.3) is 0 Å². The fourth-order valence-corrected chi connectivity index (χ4v) is 3.95. The van der Waals surface area contributed by atoms with Gasteiger partial charge in [0.1, 0.15) is 0 Å². The average Bonchev–Trinajstić information content (AvgIpc) is 2.83. The summed E-state index contributed by atoms with van der Waals surface area (Å²) >= 11 is 0. The third-order valence-electron chi connectivity index (χ3n) is 4.70. The van der Waals surface area contributed by atoms with Crippen molar-refractivity contribution in [2.45, 2.75) is 72.3 Å². The molecule has 21 heavy (non-hydrogen) atoms. The molecule has 2 rings (SSSR count). The van der Waals surface area contributed by atoms with Gasteiger partial charge in [-0.3, -0.25) is 0 Å². The molecule has 1 N–H and O–H groups in total. The predicted molar refractivity (Wildman–Crippen MR) is 92.9 cm³/mol. The van der Waals surface area contributed by atoms with Gasteiger partial charge in [0.15, 0.2) is 0 Å². The maximum absolute atomic E-state index is 3.53. The molecule has 0 saturated heterocycles. The molecule has 2 atom stereocenters. The molecule has 1 aliphatic carbocycles. The SMILES string of the molecule is CNC(Cc1ccc2c(c1)CCC2)CC(C)CC(C)(C)C. The van der Waals surface area contributed by atoms with Crippen molar-refractivity contribution in [2.24, 2.45) is 11.3 Å². The summed E-state index contributed by atoms with van der Waals surface area (Å²) in [5.41, 5.74) is 5.13. The van der Waals surface area contributed by atoms with E-state index in [4.69, 9.17) is 0 Å². The van der Waals surface area contributed by atoms with Gasteiger partial charge in [0.2, 0.25) is 0 Å². The van der Waals surface area contributed by atoms with Gasteiger partial charge in [0, 0.05) is 6.04 Å². The lowest BCUT2D eigenvalue weighted by Crippen LogP contribution is -2.30. The number of hydrogen-bond donors (Lipinski definition) is 1. The summed E-state index contributed by atoms with van der Waals surface area (Å²) in [6, 6.07) is 7.77. The first kappa shape index (κ1) is 16.5. The van der Waals surface area contributed by atoms with Gasteiger partial charge in [-0.15, -0.1) is 0 Å². The van der Waals surface area contributed by atoms with Gasteiger partial charge in [-0.1, -0.05) is 45.9 Å². The van der Waals surface area contributed by atoms with Crippen LogP contribution in [-0.2, 0) is 19.3 Å². The van der Waals surface area contributed by atoms with E-state index in [9.17, 15) is 0 Å². The zero-order valence-electron chi connectivity index (χ0n) is 14.6. The van der Waals surface area contributed by atoms with E-state index in [-0.39, 0.29) is 0 Å². The van der Waals surface area contributed by atoms with E-state index in [1.807, 2.05) is 0 Å². The van der Waals surface area contributed by atoms with Crippen molar-refractivity contribution in [1.82, 2.24) is 5.32 Å². The molecule has 0 heterocycles. The van der Waals surface area contributed by atoms with Crippen molar-refractivity contribution in [3.8, 4) is 0 Å². The topological polar surface area (TPSA) is 12.0 Å². The van der Waals surface area contributed by atoms with Gasteiger partial charge >= 0.3 is 0 Å². The number of nitrogens with one attached hydrogen (secondary N) is 1. The van der Waals surface area contributed by atoms with Crippen LogP contribution in [0.4, 0.5) is 0 Å². The fraction of sp³-hybridized carbons (Fsp3) is 0.700. The van der Waals surface area contributed by atoms with Crippen molar-refractivity contribution in [1.29, 1.82) is 0 Å². The van der Waals surface area contributed by atoms with Crippen LogP contribution in [0.3, 0.4) is 0 Å². The first-order valence-corrected chi connectivity index (χ1v) is 8.65. The lowest BCUT2D eigenvalue weighted by atomic mass is 9.82. The summed E-state index contributed by atoms with van der Waals surface area (Å²) in [5.74, 6) is 0.775. The number of aryl methyl sites for hydroxylation is 2. The number of fused-ring (bicyclic) bond motifs is 1. The Morgan fingerprint density at radius 3 is 2.52 bits per heavy atom. The summed E-state index contributed by atoms with van der Waals surface area (Å²) in [5, 5.41) is 3.53. The summed E-state index contributed by atoms with van der Waals surface area (Å²) in [6.07, 6.45) is 7.65. The highest BCUT2D eigenvalue weighted by atomic mass is 14.9. The largest absolute Gasteiger partial charge is 0.317 e. The van der Waals surface area contributed by atoms with Crippen LogP contribution in [0.1, 0.15) is 63.6 Å². The maximum Gasteiger partial charge on any atom is 0.0107 e. The van der Waals surface area contributed by atoms with Crippen LogP contribution in [0, 0.1) is 11.3 Å². The summed E-state index contributed by atoms with van der Waals surface area (Å²) < 4.78 is 0. The van der Waals surface area contributed by atoms with E-state index in [2.05, 4.69) is 58.3 Å². The lowest BCUT2D eigenvalue weighted by molar-refractivity contribution is 0.277. The number of rotatable bonds is 6. The molecular weight excluding hydrogens is 254 g/mol. The van der Waals surface area contributed by atoms with E-state index in [1.54, 1.807) is 11.1 Å². The predicted octanol–water partition coefficient (Wildman–Crippen LogP) is 4.77. The minimum absolute atomic E-state index is 0.436. The molecule has 0 aromatic heterocycles. The molecule has 0 aliphatic heterocycles. The van der Waals surface area contributed by atoms with E-state index in [0.29, 0.717) is 11.5 Å². The number of hydrogen-bond acceptors (Lipinski definition) is 1. The average molecular weight is 287 g/mol. The molecule has 1 nitrogen and oxygen atoms in total. The van der Waals surface area contributed by atoms with Gasteiger partial charge in [-0.05, 0) is 73.6 Å². The summed E-state index contributed by atoms with van der Waals surface area (Å²) in [7, 11) is 2.11. The molecule has 1 heteroatoms. The Labute approximate surface area is 131 Å². The summed E-state index contributed by atoms with van der Waals surface area (Å²) in [6.45, 7) is 9.44. The Balaban J connectivity index is 1.93. The second-order valence-electron chi connectivity index (χ2n) is 8.25. The van der Waals surface area contributed by atoms with Crippen molar-refractivity contribution in [2.75, 3.05) is 7.05 Å². The standard InChI is InChI=1S/C20H33N/c1-15(14-20(2,3)4)11-19(21-5)13-16-9-10-17-7-6-8-18(17)12-16/h9-10,12,15,19,21H,6-8,11,13-14H2,1-5H3. The zero-order valence-corrected chi connectivity index (χ0v) is 14.6.